The monoisotopic (exact) mass is 526 g/mol. The SMILES string of the molecule is [CH2]CC1C[CH]C(CCCCCCCC)C1C(F)(F)C(F)(F)C(F)(F)C(F)(F)C(F)(F)C(F)(F)F. The van der Waals surface area contributed by atoms with Gasteiger partial charge in [0, 0.05) is 5.92 Å². The van der Waals surface area contributed by atoms with Gasteiger partial charge in [0.1, 0.15) is 0 Å². The summed E-state index contributed by atoms with van der Waals surface area (Å²) in [5, 5.41) is 0. The molecule has 1 saturated carbocycles. The van der Waals surface area contributed by atoms with Gasteiger partial charge in [-0.15, -0.1) is 0 Å². The molecule has 3 atom stereocenters. The number of hydrogen-bond donors (Lipinski definition) is 0. The largest absolute Gasteiger partial charge is 0.460 e. The zero-order chi connectivity index (χ0) is 26.8. The highest BCUT2D eigenvalue weighted by molar-refractivity contribution is 5.14. The third-order valence-corrected chi connectivity index (χ3v) is 6.35. The zero-order valence-electron chi connectivity index (χ0n) is 18.3. The summed E-state index contributed by atoms with van der Waals surface area (Å²) in [6, 6.07) is 0. The maximum atomic E-state index is 14.8. The van der Waals surface area contributed by atoms with Crippen LogP contribution in [-0.4, -0.2) is 35.8 Å². The van der Waals surface area contributed by atoms with Gasteiger partial charge >= 0.3 is 35.8 Å². The van der Waals surface area contributed by atoms with Crippen LogP contribution in [0.1, 0.15) is 64.7 Å². The van der Waals surface area contributed by atoms with Crippen molar-refractivity contribution in [3.05, 3.63) is 13.3 Å². The van der Waals surface area contributed by atoms with E-state index in [-0.39, 0.29) is 19.3 Å². The summed E-state index contributed by atoms with van der Waals surface area (Å²) in [5.41, 5.74) is 0. The molecule has 1 aliphatic rings. The molecule has 0 amide bonds. The molecule has 0 N–H and O–H groups in total. The average molecular weight is 526 g/mol. The minimum atomic E-state index is -7.86. The zero-order valence-corrected chi connectivity index (χ0v) is 18.3. The molecule has 0 heterocycles. The first-order chi connectivity index (χ1) is 15.3. The Morgan fingerprint density at radius 2 is 1.15 bits per heavy atom. The maximum absolute atomic E-state index is 14.8. The van der Waals surface area contributed by atoms with Crippen molar-refractivity contribution in [2.24, 2.45) is 17.8 Å². The van der Waals surface area contributed by atoms with E-state index in [0.29, 0.717) is 12.8 Å². The molecule has 0 saturated heterocycles. The Balaban J connectivity index is 3.27. The molecule has 34 heavy (non-hydrogen) atoms. The van der Waals surface area contributed by atoms with Gasteiger partial charge in [-0.05, 0) is 37.5 Å². The molecule has 0 nitrogen and oxygen atoms in total. The van der Waals surface area contributed by atoms with Crippen LogP contribution in [0.25, 0.3) is 0 Å². The van der Waals surface area contributed by atoms with E-state index in [4.69, 9.17) is 0 Å². The van der Waals surface area contributed by atoms with Crippen LogP contribution in [0.4, 0.5) is 57.1 Å². The molecule has 202 valence electrons. The van der Waals surface area contributed by atoms with E-state index >= 15 is 0 Å². The van der Waals surface area contributed by atoms with Crippen LogP contribution in [0.2, 0.25) is 0 Å². The molecule has 13 heteroatoms. The summed E-state index contributed by atoms with van der Waals surface area (Å²) < 4.78 is 176. The minimum absolute atomic E-state index is 0.195. The lowest BCUT2D eigenvalue weighted by atomic mass is 9.76. The van der Waals surface area contributed by atoms with Crippen LogP contribution in [0.5, 0.6) is 0 Å². The Kier molecular flexibility index (Phi) is 9.70. The van der Waals surface area contributed by atoms with Crippen molar-refractivity contribution < 1.29 is 57.1 Å². The van der Waals surface area contributed by atoms with Crippen LogP contribution < -0.4 is 0 Å². The van der Waals surface area contributed by atoms with E-state index in [1.807, 2.05) is 6.92 Å². The number of halogens is 13. The molecule has 0 bridgehead atoms. The molecule has 3 unspecified atom stereocenters. The van der Waals surface area contributed by atoms with Gasteiger partial charge in [-0.3, -0.25) is 0 Å². The van der Waals surface area contributed by atoms with Gasteiger partial charge in [0.15, 0.2) is 0 Å². The molecule has 0 spiro atoms. The summed E-state index contributed by atoms with van der Waals surface area (Å²) in [4.78, 5) is 0. The Bertz CT molecular complexity index is 639. The highest BCUT2D eigenvalue weighted by atomic mass is 19.4. The maximum Gasteiger partial charge on any atom is 0.460 e. The van der Waals surface area contributed by atoms with Crippen LogP contribution in [0, 0.1) is 31.1 Å². The third kappa shape index (κ3) is 5.27. The Hall–Kier alpha value is -0.910. The van der Waals surface area contributed by atoms with Gasteiger partial charge in [0.05, 0.1) is 0 Å². The molecule has 1 rings (SSSR count). The summed E-state index contributed by atoms with van der Waals surface area (Å²) in [5.74, 6) is -42.2. The van der Waals surface area contributed by atoms with E-state index < -0.39 is 60.0 Å². The fourth-order valence-electron chi connectivity index (χ4n) is 4.30. The molecule has 0 aliphatic heterocycles. The number of unbranched alkanes of at least 4 members (excludes halogenated alkanes) is 5. The fourth-order valence-corrected chi connectivity index (χ4v) is 4.30. The third-order valence-electron chi connectivity index (χ3n) is 6.35. The second kappa shape index (κ2) is 10.6. The standard InChI is InChI=1S/C21H27F13/c1-3-5-6-7-8-9-10-14-12-11-13(4-2)15(14)16(22,23)17(24,25)18(26,27)19(28,29)20(30,31)21(32,33)34/h12-15H,2-11H2,1H3. The summed E-state index contributed by atoms with van der Waals surface area (Å²) in [7, 11) is 0. The molecule has 2 radical (unpaired) electrons. The molecular weight excluding hydrogens is 499 g/mol. The van der Waals surface area contributed by atoms with Crippen molar-refractivity contribution in [1.82, 2.24) is 0 Å². The fraction of sp³-hybridized carbons (Fsp3) is 0.905. The minimum Gasteiger partial charge on any atom is -0.199 e. The quantitative estimate of drug-likeness (QED) is 0.166. The van der Waals surface area contributed by atoms with Crippen LogP contribution in [-0.2, 0) is 0 Å². The molecule has 0 aromatic carbocycles. The summed E-state index contributed by atoms with van der Waals surface area (Å²) >= 11 is 0. The van der Waals surface area contributed by atoms with Gasteiger partial charge in [-0.2, -0.15) is 57.1 Å². The Morgan fingerprint density at radius 3 is 1.62 bits per heavy atom. The van der Waals surface area contributed by atoms with Gasteiger partial charge in [0.25, 0.3) is 0 Å². The number of rotatable bonds is 13. The highest BCUT2D eigenvalue weighted by Crippen LogP contribution is 2.64. The first kappa shape index (κ1) is 31.1. The van der Waals surface area contributed by atoms with Gasteiger partial charge in [-0.25, -0.2) is 0 Å². The number of hydrogen-bond acceptors (Lipinski definition) is 0. The van der Waals surface area contributed by atoms with E-state index in [2.05, 4.69) is 6.92 Å². The summed E-state index contributed by atoms with van der Waals surface area (Å²) in [6.07, 6.45) is -3.30. The average Bonchev–Trinajstić information content (AvgIpc) is 3.12. The molecule has 0 aromatic heterocycles. The van der Waals surface area contributed by atoms with Crippen molar-refractivity contribution in [3.63, 3.8) is 0 Å². The van der Waals surface area contributed by atoms with Crippen molar-refractivity contribution in [1.29, 1.82) is 0 Å². The lowest BCUT2D eigenvalue weighted by Crippen LogP contribution is -2.71. The van der Waals surface area contributed by atoms with Gasteiger partial charge < -0.3 is 0 Å². The first-order valence-electron chi connectivity index (χ1n) is 10.8. The summed E-state index contributed by atoms with van der Waals surface area (Å²) in [6.45, 7) is 5.19. The van der Waals surface area contributed by atoms with Crippen molar-refractivity contribution >= 4 is 0 Å². The highest BCUT2D eigenvalue weighted by Gasteiger charge is 2.91. The smallest absolute Gasteiger partial charge is 0.199 e. The van der Waals surface area contributed by atoms with Crippen molar-refractivity contribution in [3.8, 4) is 0 Å². The van der Waals surface area contributed by atoms with E-state index in [1.165, 1.54) is 0 Å². The molecule has 1 aliphatic carbocycles. The molecule has 1 fully saturated rings. The number of alkyl halides is 13. The second-order valence-electron chi connectivity index (χ2n) is 8.68. The van der Waals surface area contributed by atoms with Crippen LogP contribution >= 0.6 is 0 Å². The van der Waals surface area contributed by atoms with Crippen LogP contribution in [0.15, 0.2) is 0 Å². The van der Waals surface area contributed by atoms with Crippen molar-refractivity contribution in [2.45, 2.75) is 101 Å². The lowest BCUT2D eigenvalue weighted by molar-refractivity contribution is -0.444. The van der Waals surface area contributed by atoms with Crippen LogP contribution in [0.3, 0.4) is 0 Å². The Morgan fingerprint density at radius 1 is 0.676 bits per heavy atom. The van der Waals surface area contributed by atoms with Gasteiger partial charge in [-0.1, -0.05) is 52.4 Å². The predicted octanol–water partition coefficient (Wildman–Crippen LogP) is 9.16. The first-order valence-corrected chi connectivity index (χ1v) is 10.8. The molecular formula is C21H27F13. The van der Waals surface area contributed by atoms with Gasteiger partial charge in [0.2, 0.25) is 0 Å². The normalized spacial score (nSPS) is 23.6. The second-order valence-corrected chi connectivity index (χ2v) is 8.68. The van der Waals surface area contributed by atoms with E-state index in [0.717, 1.165) is 25.7 Å². The van der Waals surface area contributed by atoms with E-state index in [9.17, 15) is 57.1 Å². The predicted molar refractivity (Wildman–Crippen MR) is 98.1 cm³/mol. The molecule has 0 aromatic rings. The lowest BCUT2D eigenvalue weighted by Gasteiger charge is -2.43. The Labute approximate surface area is 189 Å². The van der Waals surface area contributed by atoms with E-state index in [1.54, 1.807) is 0 Å². The topological polar surface area (TPSA) is 0 Å². The van der Waals surface area contributed by atoms with Crippen molar-refractivity contribution in [2.75, 3.05) is 0 Å².